The standard InChI is InChI=1S/C19H22N2O4S/c1-19(2,13-25-16-6-4-3-5-7-16)26-12-17(23)21(20)18(24)14-8-10-15(22)11-9-14/h3-11,22H,12-13,20H2,1-2H3. The van der Waals surface area contributed by atoms with Crippen molar-refractivity contribution >= 4 is 23.6 Å². The largest absolute Gasteiger partial charge is 0.508 e. The molecule has 138 valence electrons. The van der Waals surface area contributed by atoms with E-state index in [-0.39, 0.29) is 21.8 Å². The molecule has 26 heavy (non-hydrogen) atoms. The maximum Gasteiger partial charge on any atom is 0.274 e. The third-order valence-electron chi connectivity index (χ3n) is 3.52. The number of aromatic hydroxyl groups is 1. The molecule has 0 atom stereocenters. The van der Waals surface area contributed by atoms with Crippen LogP contribution in [0, 0.1) is 0 Å². The summed E-state index contributed by atoms with van der Waals surface area (Å²) < 4.78 is 5.38. The molecule has 3 N–H and O–H groups in total. The molecule has 0 unspecified atom stereocenters. The Morgan fingerprint density at radius 1 is 1.12 bits per heavy atom. The molecule has 0 aromatic heterocycles. The van der Waals surface area contributed by atoms with Crippen molar-refractivity contribution in [2.45, 2.75) is 18.6 Å². The molecule has 0 saturated carbocycles. The summed E-state index contributed by atoms with van der Waals surface area (Å²) in [5, 5.41) is 9.86. The zero-order valence-electron chi connectivity index (χ0n) is 14.7. The van der Waals surface area contributed by atoms with E-state index in [1.54, 1.807) is 0 Å². The second-order valence-electron chi connectivity index (χ2n) is 6.27. The summed E-state index contributed by atoms with van der Waals surface area (Å²) in [7, 11) is 0. The predicted octanol–water partition coefficient (Wildman–Crippen LogP) is 2.83. The first-order valence-electron chi connectivity index (χ1n) is 8.01. The van der Waals surface area contributed by atoms with Gasteiger partial charge in [-0.15, -0.1) is 11.8 Å². The van der Waals surface area contributed by atoms with Crippen molar-refractivity contribution in [3.63, 3.8) is 0 Å². The zero-order chi connectivity index (χ0) is 19.2. The van der Waals surface area contributed by atoms with Crippen LogP contribution < -0.4 is 10.6 Å². The van der Waals surface area contributed by atoms with Crippen molar-refractivity contribution < 1.29 is 19.4 Å². The first kappa shape index (κ1) is 19.8. The Morgan fingerprint density at radius 3 is 2.35 bits per heavy atom. The fraction of sp³-hybridized carbons (Fsp3) is 0.263. The quantitative estimate of drug-likeness (QED) is 0.440. The van der Waals surface area contributed by atoms with E-state index in [4.69, 9.17) is 10.6 Å². The third kappa shape index (κ3) is 5.79. The van der Waals surface area contributed by atoms with E-state index in [0.29, 0.717) is 11.6 Å². The molecule has 0 bridgehead atoms. The Kier molecular flexibility index (Phi) is 6.65. The second kappa shape index (κ2) is 8.73. The molecular weight excluding hydrogens is 352 g/mol. The molecule has 0 aliphatic carbocycles. The highest BCUT2D eigenvalue weighted by atomic mass is 32.2. The Bertz CT molecular complexity index is 748. The lowest BCUT2D eigenvalue weighted by molar-refractivity contribution is -0.126. The Labute approximate surface area is 156 Å². The zero-order valence-corrected chi connectivity index (χ0v) is 15.5. The number of hydrogen-bond acceptors (Lipinski definition) is 6. The van der Waals surface area contributed by atoms with Gasteiger partial charge in [0.05, 0.1) is 5.75 Å². The summed E-state index contributed by atoms with van der Waals surface area (Å²) in [5.41, 5.74) is 0.232. The van der Waals surface area contributed by atoms with Crippen molar-refractivity contribution in [1.29, 1.82) is 0 Å². The Balaban J connectivity index is 1.85. The number of hydrazine groups is 1. The second-order valence-corrected chi connectivity index (χ2v) is 7.95. The molecule has 6 nitrogen and oxygen atoms in total. The van der Waals surface area contributed by atoms with Gasteiger partial charge >= 0.3 is 0 Å². The van der Waals surface area contributed by atoms with Crippen molar-refractivity contribution in [1.82, 2.24) is 5.01 Å². The van der Waals surface area contributed by atoms with Gasteiger partial charge in [0, 0.05) is 10.3 Å². The number of ether oxygens (including phenoxy) is 1. The summed E-state index contributed by atoms with van der Waals surface area (Å²) in [6.45, 7) is 4.32. The number of rotatable bonds is 7. The summed E-state index contributed by atoms with van der Waals surface area (Å²) in [6.07, 6.45) is 0. The van der Waals surface area contributed by atoms with Gasteiger partial charge in [0.2, 0.25) is 0 Å². The number of hydrogen-bond donors (Lipinski definition) is 2. The topological polar surface area (TPSA) is 92.9 Å². The minimum absolute atomic E-state index is 0.0344. The summed E-state index contributed by atoms with van der Waals surface area (Å²) >= 11 is 1.36. The monoisotopic (exact) mass is 374 g/mol. The van der Waals surface area contributed by atoms with E-state index in [1.807, 2.05) is 44.2 Å². The van der Waals surface area contributed by atoms with Crippen molar-refractivity contribution in [2.24, 2.45) is 5.84 Å². The lowest BCUT2D eigenvalue weighted by Crippen LogP contribution is -2.44. The number of phenolic OH excluding ortho intramolecular Hbond substituents is 1. The van der Waals surface area contributed by atoms with Crippen LogP contribution in [-0.2, 0) is 4.79 Å². The lowest BCUT2D eigenvalue weighted by Gasteiger charge is -2.25. The maximum atomic E-state index is 12.2. The van der Waals surface area contributed by atoms with Crippen LogP contribution in [0.1, 0.15) is 24.2 Å². The average Bonchev–Trinajstić information content (AvgIpc) is 2.65. The van der Waals surface area contributed by atoms with Gasteiger partial charge in [-0.3, -0.25) is 9.59 Å². The number of nitrogens with zero attached hydrogens (tertiary/aromatic N) is 1. The molecular formula is C19H22N2O4S. The minimum Gasteiger partial charge on any atom is -0.508 e. The summed E-state index contributed by atoms with van der Waals surface area (Å²) in [5.74, 6) is 5.38. The Morgan fingerprint density at radius 2 is 1.73 bits per heavy atom. The molecule has 0 heterocycles. The van der Waals surface area contributed by atoms with Crippen LogP contribution in [0.5, 0.6) is 11.5 Å². The molecule has 0 aliphatic rings. The van der Waals surface area contributed by atoms with Crippen LogP contribution in [0.3, 0.4) is 0 Å². The van der Waals surface area contributed by atoms with Crippen LogP contribution in [0.4, 0.5) is 0 Å². The first-order valence-corrected chi connectivity index (χ1v) is 9.00. The normalized spacial score (nSPS) is 11.0. The summed E-state index contributed by atoms with van der Waals surface area (Å²) in [4.78, 5) is 24.4. The molecule has 2 rings (SSSR count). The smallest absolute Gasteiger partial charge is 0.274 e. The third-order valence-corrected chi connectivity index (χ3v) is 4.81. The van der Waals surface area contributed by atoms with Gasteiger partial charge in [-0.25, -0.2) is 10.9 Å². The molecule has 7 heteroatoms. The van der Waals surface area contributed by atoms with E-state index >= 15 is 0 Å². The van der Waals surface area contributed by atoms with Crippen molar-refractivity contribution in [3.8, 4) is 11.5 Å². The van der Waals surface area contributed by atoms with Gasteiger partial charge in [-0.05, 0) is 50.2 Å². The molecule has 0 saturated heterocycles. The fourth-order valence-corrected chi connectivity index (χ4v) is 2.79. The molecule has 0 fully saturated rings. The van der Waals surface area contributed by atoms with Gasteiger partial charge in [0.1, 0.15) is 18.1 Å². The number of imide groups is 1. The number of nitrogens with two attached hydrogens (primary N) is 1. The average molecular weight is 374 g/mol. The van der Waals surface area contributed by atoms with Crippen LogP contribution >= 0.6 is 11.8 Å². The molecule has 2 amide bonds. The van der Waals surface area contributed by atoms with Gasteiger partial charge in [-0.2, -0.15) is 0 Å². The van der Waals surface area contributed by atoms with Crippen LogP contribution in [0.2, 0.25) is 0 Å². The van der Waals surface area contributed by atoms with Crippen molar-refractivity contribution in [3.05, 3.63) is 60.2 Å². The highest BCUT2D eigenvalue weighted by molar-refractivity contribution is 8.01. The van der Waals surface area contributed by atoms with Gasteiger partial charge in [-0.1, -0.05) is 18.2 Å². The molecule has 2 aromatic rings. The Hall–Kier alpha value is -2.51. The van der Waals surface area contributed by atoms with Gasteiger partial charge in [0.15, 0.2) is 0 Å². The van der Waals surface area contributed by atoms with E-state index in [9.17, 15) is 14.7 Å². The highest BCUT2D eigenvalue weighted by Crippen LogP contribution is 2.26. The fourth-order valence-electron chi connectivity index (χ4n) is 2.00. The number of amides is 2. The predicted molar refractivity (Wildman–Crippen MR) is 102 cm³/mol. The van der Waals surface area contributed by atoms with Gasteiger partial charge in [0.25, 0.3) is 11.8 Å². The van der Waals surface area contributed by atoms with E-state index in [2.05, 4.69) is 0 Å². The molecule has 0 spiro atoms. The van der Waals surface area contributed by atoms with E-state index in [1.165, 1.54) is 36.0 Å². The molecule has 0 aliphatic heterocycles. The van der Waals surface area contributed by atoms with E-state index < -0.39 is 11.8 Å². The minimum atomic E-state index is -0.617. The van der Waals surface area contributed by atoms with Crippen molar-refractivity contribution in [2.75, 3.05) is 12.4 Å². The molecule has 0 radical (unpaired) electrons. The van der Waals surface area contributed by atoms with Crippen LogP contribution in [0.15, 0.2) is 54.6 Å². The number of phenols is 1. The number of para-hydroxylation sites is 1. The maximum absolute atomic E-state index is 12.2. The first-order chi connectivity index (χ1) is 12.3. The van der Waals surface area contributed by atoms with Gasteiger partial charge < -0.3 is 9.84 Å². The number of carbonyl (C=O) groups excluding carboxylic acids is 2. The number of benzene rings is 2. The number of thioether (sulfide) groups is 1. The number of carbonyl (C=O) groups is 2. The lowest BCUT2D eigenvalue weighted by atomic mass is 10.2. The SMILES string of the molecule is CC(C)(COc1ccccc1)SCC(=O)N(N)C(=O)c1ccc(O)cc1. The van der Waals surface area contributed by atoms with E-state index in [0.717, 1.165) is 5.75 Å². The summed E-state index contributed by atoms with van der Waals surface area (Å²) in [6, 6.07) is 15.0. The van der Waals surface area contributed by atoms with Crippen LogP contribution in [0.25, 0.3) is 0 Å². The molecule has 2 aromatic carbocycles. The van der Waals surface area contributed by atoms with Crippen LogP contribution in [-0.4, -0.2) is 39.0 Å². The highest BCUT2D eigenvalue weighted by Gasteiger charge is 2.25.